The number of rotatable bonds is 3. The number of hydrogen-bond acceptors (Lipinski definition) is 2. The van der Waals surface area contributed by atoms with Crippen LogP contribution in [0.4, 0.5) is 5.69 Å². The molecular formula is C14H18N2. The van der Waals surface area contributed by atoms with Crippen molar-refractivity contribution in [2.75, 3.05) is 5.73 Å². The molecule has 2 heteroatoms. The fourth-order valence-electron chi connectivity index (χ4n) is 1.84. The molecule has 0 spiro atoms. The molecule has 16 heavy (non-hydrogen) atoms. The Morgan fingerprint density at radius 1 is 1.12 bits per heavy atom. The highest BCUT2D eigenvalue weighted by Crippen LogP contribution is 2.16. The second kappa shape index (κ2) is 4.99. The number of hydrogen-bond donors (Lipinski definition) is 2. The standard InChI is InChI=1S/C14H18N2/c15-13-7-3-11(4-8-13)1-2-12-5-9-14(16)10-6-12/h3-9,14H,1-2,10,15-16H2. The van der Waals surface area contributed by atoms with E-state index in [9.17, 15) is 0 Å². The zero-order chi connectivity index (χ0) is 11.4. The van der Waals surface area contributed by atoms with E-state index in [2.05, 4.69) is 30.4 Å². The first kappa shape index (κ1) is 11.0. The lowest BCUT2D eigenvalue weighted by Gasteiger charge is -2.11. The van der Waals surface area contributed by atoms with Crippen LogP contribution in [0.1, 0.15) is 18.4 Å². The van der Waals surface area contributed by atoms with Gasteiger partial charge in [-0.15, -0.1) is 0 Å². The van der Waals surface area contributed by atoms with Crippen LogP contribution in [0.2, 0.25) is 0 Å². The van der Waals surface area contributed by atoms with Crippen molar-refractivity contribution < 1.29 is 0 Å². The topological polar surface area (TPSA) is 52.0 Å². The molecule has 0 aromatic heterocycles. The predicted octanol–water partition coefficient (Wildman–Crippen LogP) is 2.42. The summed E-state index contributed by atoms with van der Waals surface area (Å²) in [6.45, 7) is 0. The van der Waals surface area contributed by atoms with Crippen LogP contribution in [0, 0.1) is 0 Å². The Bertz CT molecular complexity index is 401. The summed E-state index contributed by atoms with van der Waals surface area (Å²) in [5, 5.41) is 0. The number of nitrogen functional groups attached to an aromatic ring is 1. The van der Waals surface area contributed by atoms with Crippen molar-refractivity contribution in [2.45, 2.75) is 25.3 Å². The summed E-state index contributed by atoms with van der Waals surface area (Å²) >= 11 is 0. The molecular weight excluding hydrogens is 196 g/mol. The van der Waals surface area contributed by atoms with Gasteiger partial charge in [-0.25, -0.2) is 0 Å². The Morgan fingerprint density at radius 3 is 2.50 bits per heavy atom. The average molecular weight is 214 g/mol. The Hall–Kier alpha value is -1.54. The highest BCUT2D eigenvalue weighted by molar-refractivity contribution is 5.39. The second-order valence-corrected chi connectivity index (χ2v) is 4.28. The van der Waals surface area contributed by atoms with Gasteiger partial charge < -0.3 is 11.5 Å². The highest BCUT2D eigenvalue weighted by Gasteiger charge is 2.03. The number of benzene rings is 1. The van der Waals surface area contributed by atoms with Crippen LogP contribution in [0.3, 0.4) is 0 Å². The van der Waals surface area contributed by atoms with E-state index in [1.807, 2.05) is 12.1 Å². The van der Waals surface area contributed by atoms with Gasteiger partial charge in [-0.2, -0.15) is 0 Å². The van der Waals surface area contributed by atoms with Gasteiger partial charge in [0.05, 0.1) is 0 Å². The maximum absolute atomic E-state index is 5.78. The van der Waals surface area contributed by atoms with E-state index in [-0.39, 0.29) is 6.04 Å². The quantitative estimate of drug-likeness (QED) is 0.759. The summed E-state index contributed by atoms with van der Waals surface area (Å²) in [7, 11) is 0. The zero-order valence-electron chi connectivity index (χ0n) is 9.39. The van der Waals surface area contributed by atoms with E-state index >= 15 is 0 Å². The summed E-state index contributed by atoms with van der Waals surface area (Å²) < 4.78 is 0. The van der Waals surface area contributed by atoms with Gasteiger partial charge in [0.15, 0.2) is 0 Å². The van der Waals surface area contributed by atoms with E-state index in [1.54, 1.807) is 0 Å². The summed E-state index contributed by atoms with van der Waals surface area (Å²) in [5.74, 6) is 0. The van der Waals surface area contributed by atoms with Crippen molar-refractivity contribution in [1.82, 2.24) is 0 Å². The first-order valence-corrected chi connectivity index (χ1v) is 5.71. The molecule has 0 bridgehead atoms. The molecule has 4 N–H and O–H groups in total. The van der Waals surface area contributed by atoms with Crippen LogP contribution in [0.25, 0.3) is 0 Å². The number of anilines is 1. The van der Waals surface area contributed by atoms with Crippen LogP contribution in [-0.4, -0.2) is 6.04 Å². The van der Waals surface area contributed by atoms with Gasteiger partial charge in [-0.05, 0) is 37.0 Å². The third-order valence-corrected chi connectivity index (χ3v) is 2.89. The molecule has 2 nitrogen and oxygen atoms in total. The Balaban J connectivity index is 1.88. The minimum absolute atomic E-state index is 0.209. The summed E-state index contributed by atoms with van der Waals surface area (Å²) in [6, 6.07) is 8.30. The molecule has 0 fully saturated rings. The van der Waals surface area contributed by atoms with Crippen LogP contribution in [0.15, 0.2) is 48.1 Å². The lowest BCUT2D eigenvalue weighted by Crippen LogP contribution is -2.17. The molecule has 1 aromatic rings. The molecule has 1 atom stereocenters. The number of aryl methyl sites for hydroxylation is 1. The van der Waals surface area contributed by atoms with Gasteiger partial charge in [0.25, 0.3) is 0 Å². The van der Waals surface area contributed by atoms with E-state index in [4.69, 9.17) is 11.5 Å². The van der Waals surface area contributed by atoms with Gasteiger partial charge in [0.1, 0.15) is 0 Å². The van der Waals surface area contributed by atoms with E-state index in [0.717, 1.165) is 24.9 Å². The fourth-order valence-corrected chi connectivity index (χ4v) is 1.84. The molecule has 0 aliphatic heterocycles. The molecule has 1 aromatic carbocycles. The summed E-state index contributed by atoms with van der Waals surface area (Å²) in [5.41, 5.74) is 15.0. The maximum atomic E-state index is 5.78. The Labute approximate surface area is 96.6 Å². The SMILES string of the molecule is Nc1ccc(CCC2=CCC(N)C=C2)cc1. The molecule has 84 valence electrons. The predicted molar refractivity (Wildman–Crippen MR) is 69.0 cm³/mol. The van der Waals surface area contributed by atoms with Gasteiger partial charge in [-0.1, -0.05) is 35.9 Å². The molecule has 0 amide bonds. The smallest absolute Gasteiger partial charge is 0.0314 e. The lowest BCUT2D eigenvalue weighted by molar-refractivity contribution is 0.804. The van der Waals surface area contributed by atoms with E-state index < -0.39 is 0 Å². The van der Waals surface area contributed by atoms with Crippen LogP contribution < -0.4 is 11.5 Å². The van der Waals surface area contributed by atoms with Crippen molar-refractivity contribution >= 4 is 5.69 Å². The van der Waals surface area contributed by atoms with Gasteiger partial charge in [-0.3, -0.25) is 0 Å². The highest BCUT2D eigenvalue weighted by atomic mass is 14.6. The number of allylic oxidation sites excluding steroid dienone is 2. The second-order valence-electron chi connectivity index (χ2n) is 4.28. The molecule has 2 rings (SSSR count). The minimum atomic E-state index is 0.209. The van der Waals surface area contributed by atoms with Crippen LogP contribution >= 0.6 is 0 Å². The van der Waals surface area contributed by atoms with Gasteiger partial charge in [0.2, 0.25) is 0 Å². The van der Waals surface area contributed by atoms with Crippen molar-refractivity contribution in [2.24, 2.45) is 5.73 Å². The van der Waals surface area contributed by atoms with E-state index in [0.29, 0.717) is 0 Å². The summed E-state index contributed by atoms with van der Waals surface area (Å²) in [6.07, 6.45) is 9.57. The summed E-state index contributed by atoms with van der Waals surface area (Å²) in [4.78, 5) is 0. The average Bonchev–Trinajstić information content (AvgIpc) is 2.30. The van der Waals surface area contributed by atoms with Crippen LogP contribution in [0.5, 0.6) is 0 Å². The minimum Gasteiger partial charge on any atom is -0.399 e. The molecule has 1 aliphatic rings. The monoisotopic (exact) mass is 214 g/mol. The number of nitrogens with two attached hydrogens (primary N) is 2. The van der Waals surface area contributed by atoms with Crippen molar-refractivity contribution in [3.05, 3.63) is 53.6 Å². The fraction of sp³-hybridized carbons (Fsp3) is 0.286. The molecule has 1 unspecified atom stereocenters. The molecule has 0 saturated carbocycles. The lowest BCUT2D eigenvalue weighted by atomic mass is 9.98. The zero-order valence-corrected chi connectivity index (χ0v) is 9.39. The largest absolute Gasteiger partial charge is 0.399 e. The third kappa shape index (κ3) is 2.97. The van der Waals surface area contributed by atoms with Crippen LogP contribution in [-0.2, 0) is 6.42 Å². The Morgan fingerprint density at radius 2 is 1.88 bits per heavy atom. The molecule has 0 heterocycles. The first-order valence-electron chi connectivity index (χ1n) is 5.71. The molecule has 0 radical (unpaired) electrons. The maximum Gasteiger partial charge on any atom is 0.0314 e. The third-order valence-electron chi connectivity index (χ3n) is 2.89. The molecule has 1 aliphatic carbocycles. The van der Waals surface area contributed by atoms with Gasteiger partial charge in [0, 0.05) is 11.7 Å². The Kier molecular flexibility index (Phi) is 3.42. The molecule has 0 saturated heterocycles. The van der Waals surface area contributed by atoms with Crippen molar-refractivity contribution in [3.8, 4) is 0 Å². The van der Waals surface area contributed by atoms with Crippen molar-refractivity contribution in [1.29, 1.82) is 0 Å². The van der Waals surface area contributed by atoms with Crippen molar-refractivity contribution in [3.63, 3.8) is 0 Å². The van der Waals surface area contributed by atoms with Gasteiger partial charge >= 0.3 is 0 Å². The first-order chi connectivity index (χ1) is 7.74. The normalized spacial score (nSPS) is 19.6. The van der Waals surface area contributed by atoms with E-state index in [1.165, 1.54) is 11.1 Å².